The van der Waals surface area contributed by atoms with Gasteiger partial charge in [0.05, 0.1) is 11.0 Å². The fourth-order valence-electron chi connectivity index (χ4n) is 12.2. The molecule has 0 bridgehead atoms. The lowest BCUT2D eigenvalue weighted by Crippen LogP contribution is -2.62. The third kappa shape index (κ3) is 9.14. The summed E-state index contributed by atoms with van der Waals surface area (Å²) in [6.45, 7) is 27.5. The number of aromatic nitrogens is 1. The van der Waals surface area contributed by atoms with Crippen molar-refractivity contribution in [2.24, 2.45) is 0 Å². The van der Waals surface area contributed by atoms with Gasteiger partial charge in [0.15, 0.2) is 0 Å². The molecule has 3 nitrogen and oxygen atoms in total. The molecule has 0 saturated heterocycles. The molecule has 2 aliphatic heterocycles. The number of hydrogen-bond donors (Lipinski definition) is 0. The summed E-state index contributed by atoms with van der Waals surface area (Å²) in [5.41, 5.74) is 22.1. The first kappa shape index (κ1) is 52.0. The predicted octanol–water partition coefficient (Wildman–Crippen LogP) is 18.1. The lowest BCUT2D eigenvalue weighted by atomic mass is 9.35. The van der Waals surface area contributed by atoms with Crippen molar-refractivity contribution in [1.29, 1.82) is 0 Å². The van der Waals surface area contributed by atoms with Crippen LogP contribution in [0.15, 0.2) is 218 Å². The molecule has 2 aliphatic rings. The molecule has 10 aromatic rings. The number of rotatable bonds is 8. The Morgan fingerprint density at radius 1 is 0.342 bits per heavy atom. The molecule has 0 fully saturated rings. The average molecular weight is 1050 g/mol. The van der Waals surface area contributed by atoms with E-state index < -0.39 is 5.41 Å². The third-order valence-corrected chi connectivity index (χ3v) is 17.8. The third-order valence-electron chi connectivity index (χ3n) is 16.7. The fourth-order valence-corrected chi connectivity index (χ4v) is 13.4. The second-order valence-electron chi connectivity index (χ2n) is 26.1. The summed E-state index contributed by atoms with van der Waals surface area (Å²) in [5.74, 6) is 0. The van der Waals surface area contributed by atoms with Crippen LogP contribution in [-0.2, 0) is 27.1 Å². The van der Waals surface area contributed by atoms with Crippen molar-refractivity contribution < 1.29 is 0 Å². The van der Waals surface area contributed by atoms with Gasteiger partial charge < -0.3 is 9.80 Å². The van der Waals surface area contributed by atoms with E-state index in [4.69, 9.17) is 4.98 Å². The normalized spacial score (nSPS) is 13.5. The molecule has 0 atom stereocenters. The van der Waals surface area contributed by atoms with E-state index in [0.29, 0.717) is 0 Å². The summed E-state index contributed by atoms with van der Waals surface area (Å²) >= 11 is 1.81. The van der Waals surface area contributed by atoms with Gasteiger partial charge in [-0.3, -0.25) is 0 Å². The Kier molecular flexibility index (Phi) is 12.7. The molecule has 5 heteroatoms. The second-order valence-corrected chi connectivity index (χ2v) is 27.1. The summed E-state index contributed by atoms with van der Waals surface area (Å²) in [6.07, 6.45) is 0. The van der Waals surface area contributed by atoms with Gasteiger partial charge in [0.2, 0.25) is 0 Å². The van der Waals surface area contributed by atoms with Gasteiger partial charge in [-0.25, -0.2) is 4.98 Å². The minimum Gasteiger partial charge on any atom is -0.311 e. The Balaban J connectivity index is 1.19. The maximum absolute atomic E-state index is 5.92. The molecular formula is C74H72BN3S. The van der Waals surface area contributed by atoms with E-state index in [0.717, 1.165) is 43.9 Å². The molecule has 0 amide bonds. The minimum atomic E-state index is -0.724. The first-order valence-corrected chi connectivity index (χ1v) is 29.0. The lowest BCUT2D eigenvalue weighted by Gasteiger charge is -2.45. The van der Waals surface area contributed by atoms with E-state index >= 15 is 0 Å². The maximum Gasteiger partial charge on any atom is 0.276 e. The number of thiazole rings is 1. The number of fused-ring (bicyclic) bond motifs is 4. The average Bonchev–Trinajstić information content (AvgIpc) is 4.04. The van der Waals surface area contributed by atoms with Crippen LogP contribution < -0.4 is 26.3 Å². The van der Waals surface area contributed by atoms with Crippen molar-refractivity contribution in [1.82, 2.24) is 4.98 Å². The highest BCUT2D eigenvalue weighted by Crippen LogP contribution is 2.53. The highest BCUT2D eigenvalue weighted by Gasteiger charge is 2.49. The molecule has 12 rings (SSSR count). The van der Waals surface area contributed by atoms with Crippen LogP contribution in [0.25, 0.3) is 21.7 Å². The van der Waals surface area contributed by atoms with Gasteiger partial charge in [-0.1, -0.05) is 270 Å². The molecular weight excluding hydrogens is 974 g/mol. The summed E-state index contributed by atoms with van der Waals surface area (Å²) < 4.78 is 0. The molecule has 0 N–H and O–H groups in total. The zero-order valence-corrected chi connectivity index (χ0v) is 48.9. The van der Waals surface area contributed by atoms with Crippen molar-refractivity contribution in [3.63, 3.8) is 0 Å². The van der Waals surface area contributed by atoms with E-state index in [-0.39, 0.29) is 28.4 Å². The number of hydrogen-bond acceptors (Lipinski definition) is 4. The quantitative estimate of drug-likeness (QED) is 0.112. The molecule has 0 radical (unpaired) electrons. The highest BCUT2D eigenvalue weighted by atomic mass is 32.1. The van der Waals surface area contributed by atoms with Crippen molar-refractivity contribution in [3.05, 3.63) is 263 Å². The van der Waals surface area contributed by atoms with E-state index in [1.54, 1.807) is 0 Å². The van der Waals surface area contributed by atoms with Crippen LogP contribution in [0.1, 0.15) is 128 Å². The van der Waals surface area contributed by atoms with Crippen LogP contribution in [0.5, 0.6) is 0 Å². The number of nitrogens with zero attached hydrogens (tertiary/aromatic N) is 3. The second kappa shape index (κ2) is 19.3. The SMILES string of the molecule is CC(C)(C)c1ccc(-c2ccc(-c3nc4c(s3)N(c3ccc(C(C)(C)C)cc3)c3cc(C(c5ccccc5)(c5ccccc5)c5ccccc5)cc5c3B4c3cc(C(C)(C)C)ccc3N5c3ccc(C(C)(C)C)cc3)cc2)cc1. The van der Waals surface area contributed by atoms with Gasteiger partial charge in [0, 0.05) is 34.0 Å². The zero-order chi connectivity index (χ0) is 55.2. The van der Waals surface area contributed by atoms with Gasteiger partial charge in [0.25, 0.3) is 6.71 Å². The van der Waals surface area contributed by atoms with Crippen LogP contribution in [0.2, 0.25) is 0 Å². The van der Waals surface area contributed by atoms with Crippen LogP contribution in [0, 0.1) is 0 Å². The van der Waals surface area contributed by atoms with E-state index in [2.05, 4.69) is 311 Å². The molecule has 79 heavy (non-hydrogen) atoms. The molecule has 9 aromatic carbocycles. The summed E-state index contributed by atoms with van der Waals surface area (Å²) in [7, 11) is 0. The summed E-state index contributed by atoms with van der Waals surface area (Å²) in [6, 6.07) is 82.8. The topological polar surface area (TPSA) is 19.4 Å². The molecule has 0 saturated carbocycles. The molecule has 1 aromatic heterocycles. The summed E-state index contributed by atoms with van der Waals surface area (Å²) in [4.78, 5) is 11.1. The zero-order valence-electron chi connectivity index (χ0n) is 48.1. The first-order valence-electron chi connectivity index (χ1n) is 28.2. The Morgan fingerprint density at radius 2 is 0.722 bits per heavy atom. The lowest BCUT2D eigenvalue weighted by molar-refractivity contribution is 0.590. The van der Waals surface area contributed by atoms with Crippen LogP contribution in [0.3, 0.4) is 0 Å². The Morgan fingerprint density at radius 3 is 1.16 bits per heavy atom. The predicted molar refractivity (Wildman–Crippen MR) is 340 cm³/mol. The van der Waals surface area contributed by atoms with Gasteiger partial charge in [-0.2, -0.15) is 0 Å². The standard InChI is InChI=1S/C74H72BN3S/c1-70(2,3)52-34-32-50(33-35-52)49-28-30-51(31-29-49)68-76-67-69(79-68)78(61-43-38-54(39-44-61)72(7,8)9)65-48-59(74(55-22-16-13-17-23-55,56-24-18-14-19-25-56)57-26-20-15-21-27-57)47-64-66(65)75(67)62-46-58(73(10,11)12)40-45-63(62)77(64)60-41-36-53(37-42-60)71(4,5)6/h13-48H,1-12H3. The minimum absolute atomic E-state index is 0.00936. The van der Waals surface area contributed by atoms with Crippen LogP contribution in [0.4, 0.5) is 33.4 Å². The van der Waals surface area contributed by atoms with E-state index in [9.17, 15) is 0 Å². The van der Waals surface area contributed by atoms with E-state index in [1.807, 2.05) is 11.3 Å². The fraction of sp³-hybridized carbons (Fsp3) is 0.230. The van der Waals surface area contributed by atoms with Gasteiger partial charge in [-0.05, 0) is 131 Å². The van der Waals surface area contributed by atoms with Crippen molar-refractivity contribution in [2.75, 3.05) is 9.80 Å². The molecule has 0 spiro atoms. The Hall–Kier alpha value is -7.73. The van der Waals surface area contributed by atoms with Crippen molar-refractivity contribution in [2.45, 2.75) is 110 Å². The monoisotopic (exact) mass is 1050 g/mol. The van der Waals surface area contributed by atoms with Crippen LogP contribution >= 0.6 is 11.3 Å². The smallest absolute Gasteiger partial charge is 0.276 e. The van der Waals surface area contributed by atoms with Gasteiger partial charge >= 0.3 is 0 Å². The highest BCUT2D eigenvalue weighted by molar-refractivity contribution is 7.22. The molecule has 0 aliphatic carbocycles. The maximum atomic E-state index is 5.92. The van der Waals surface area contributed by atoms with E-state index in [1.165, 1.54) is 72.2 Å². The number of anilines is 6. The molecule has 0 unspecified atom stereocenters. The molecule has 3 heterocycles. The number of benzene rings is 9. The Labute approximate surface area is 474 Å². The van der Waals surface area contributed by atoms with Crippen molar-refractivity contribution in [3.8, 4) is 21.7 Å². The van der Waals surface area contributed by atoms with Crippen LogP contribution in [-0.4, -0.2) is 11.7 Å². The van der Waals surface area contributed by atoms with Gasteiger partial charge in [0.1, 0.15) is 10.0 Å². The Bertz CT molecular complexity index is 3740. The first-order chi connectivity index (χ1) is 37.7. The molecule has 392 valence electrons. The largest absolute Gasteiger partial charge is 0.311 e. The van der Waals surface area contributed by atoms with Crippen molar-refractivity contribution >= 4 is 68.0 Å². The van der Waals surface area contributed by atoms with Gasteiger partial charge in [-0.15, -0.1) is 0 Å². The summed E-state index contributed by atoms with van der Waals surface area (Å²) in [5, 5.41) is 2.15.